The van der Waals surface area contributed by atoms with Crippen LogP contribution in [0.25, 0.3) is 0 Å². The van der Waals surface area contributed by atoms with Crippen LogP contribution >= 0.6 is 11.3 Å². The monoisotopic (exact) mass is 321 g/mol. The first-order chi connectivity index (χ1) is 10.7. The molecule has 120 valence electrons. The molecule has 1 saturated carbocycles. The molecule has 1 aromatic heterocycles. The Morgan fingerprint density at radius 2 is 2.14 bits per heavy atom. The van der Waals surface area contributed by atoms with Crippen molar-refractivity contribution in [3.63, 3.8) is 0 Å². The van der Waals surface area contributed by atoms with Crippen molar-refractivity contribution in [3.05, 3.63) is 16.6 Å². The van der Waals surface area contributed by atoms with Crippen molar-refractivity contribution in [1.82, 2.24) is 15.2 Å². The molecule has 5 nitrogen and oxygen atoms in total. The van der Waals surface area contributed by atoms with Crippen LogP contribution in [0, 0.1) is 5.92 Å². The molecule has 1 aromatic rings. The van der Waals surface area contributed by atoms with Gasteiger partial charge in [-0.25, -0.2) is 4.98 Å². The van der Waals surface area contributed by atoms with E-state index in [-0.39, 0.29) is 17.7 Å². The lowest BCUT2D eigenvalue weighted by molar-refractivity contribution is -0.141. The Bertz CT molecular complexity index is 511. The Labute approximate surface area is 135 Å². The fourth-order valence-corrected chi connectivity index (χ4v) is 4.03. The molecule has 3 rings (SSSR count). The van der Waals surface area contributed by atoms with Crippen molar-refractivity contribution in [2.75, 3.05) is 6.54 Å². The lowest BCUT2D eigenvalue weighted by Gasteiger charge is -2.39. The Morgan fingerprint density at radius 1 is 1.32 bits per heavy atom. The standard InChI is InChI=1S/C16H23N3O2S/c20-15-7-6-12(11-19(15)13-4-2-1-3-5-13)16(21)18-10-14-17-8-9-22-14/h8-9,12-13H,1-7,10-11H2,(H,18,21)/t12-/m1/s1. The van der Waals surface area contributed by atoms with Gasteiger partial charge in [-0.2, -0.15) is 0 Å². The highest BCUT2D eigenvalue weighted by atomic mass is 32.1. The summed E-state index contributed by atoms with van der Waals surface area (Å²) in [4.78, 5) is 30.7. The molecule has 0 bridgehead atoms. The third kappa shape index (κ3) is 3.66. The number of aromatic nitrogens is 1. The predicted molar refractivity (Wildman–Crippen MR) is 85.3 cm³/mol. The normalized spacial score (nSPS) is 23.5. The van der Waals surface area contributed by atoms with E-state index in [0.29, 0.717) is 32.0 Å². The molecule has 1 aliphatic heterocycles. The van der Waals surface area contributed by atoms with Gasteiger partial charge in [-0.3, -0.25) is 9.59 Å². The molecule has 0 aromatic carbocycles. The van der Waals surface area contributed by atoms with Crippen LogP contribution < -0.4 is 5.32 Å². The summed E-state index contributed by atoms with van der Waals surface area (Å²) < 4.78 is 0. The van der Waals surface area contributed by atoms with Crippen LogP contribution in [0.5, 0.6) is 0 Å². The van der Waals surface area contributed by atoms with E-state index in [4.69, 9.17) is 0 Å². The zero-order valence-electron chi connectivity index (χ0n) is 12.8. The van der Waals surface area contributed by atoms with Gasteiger partial charge >= 0.3 is 0 Å². The number of hydrogen-bond donors (Lipinski definition) is 1. The third-order valence-corrected chi connectivity index (χ3v) is 5.51. The molecule has 22 heavy (non-hydrogen) atoms. The van der Waals surface area contributed by atoms with Gasteiger partial charge in [-0.15, -0.1) is 11.3 Å². The maximum atomic E-state index is 12.4. The quantitative estimate of drug-likeness (QED) is 0.926. The van der Waals surface area contributed by atoms with Crippen molar-refractivity contribution in [2.24, 2.45) is 5.92 Å². The number of amides is 2. The number of rotatable bonds is 4. The number of nitrogens with one attached hydrogen (secondary N) is 1. The summed E-state index contributed by atoms with van der Waals surface area (Å²) in [6, 6.07) is 0.357. The number of carbonyl (C=O) groups is 2. The molecule has 1 atom stereocenters. The van der Waals surface area contributed by atoms with Gasteiger partial charge < -0.3 is 10.2 Å². The highest BCUT2D eigenvalue weighted by Gasteiger charge is 2.34. The van der Waals surface area contributed by atoms with Gasteiger partial charge in [0.1, 0.15) is 5.01 Å². The van der Waals surface area contributed by atoms with Gasteiger partial charge in [0, 0.05) is 30.6 Å². The number of hydrogen-bond acceptors (Lipinski definition) is 4. The molecule has 1 aliphatic carbocycles. The second kappa shape index (κ2) is 7.22. The lowest BCUT2D eigenvalue weighted by Crippen LogP contribution is -2.50. The van der Waals surface area contributed by atoms with E-state index in [1.807, 2.05) is 10.3 Å². The fraction of sp³-hybridized carbons (Fsp3) is 0.688. The predicted octanol–water partition coefficient (Wildman–Crippen LogP) is 2.33. The van der Waals surface area contributed by atoms with Crippen LogP contribution in [-0.4, -0.2) is 34.3 Å². The van der Waals surface area contributed by atoms with E-state index in [9.17, 15) is 9.59 Å². The van der Waals surface area contributed by atoms with Crippen molar-refractivity contribution in [3.8, 4) is 0 Å². The van der Waals surface area contributed by atoms with Crippen LogP contribution in [0.1, 0.15) is 50.0 Å². The van der Waals surface area contributed by atoms with Crippen LogP contribution in [0.3, 0.4) is 0 Å². The summed E-state index contributed by atoms with van der Waals surface area (Å²) in [5.74, 6) is 0.221. The summed E-state index contributed by atoms with van der Waals surface area (Å²) in [6.07, 6.45) is 8.80. The van der Waals surface area contributed by atoms with Crippen LogP contribution in [0.2, 0.25) is 0 Å². The molecule has 2 aliphatic rings. The molecular weight excluding hydrogens is 298 g/mol. The van der Waals surface area contributed by atoms with Crippen molar-refractivity contribution >= 4 is 23.2 Å². The Hall–Kier alpha value is -1.43. The van der Waals surface area contributed by atoms with Crippen LogP contribution in [-0.2, 0) is 16.1 Å². The Morgan fingerprint density at radius 3 is 2.86 bits per heavy atom. The van der Waals surface area contributed by atoms with Gasteiger partial charge in [0.2, 0.25) is 11.8 Å². The van der Waals surface area contributed by atoms with Gasteiger partial charge in [0.25, 0.3) is 0 Å². The zero-order chi connectivity index (χ0) is 15.4. The first kappa shape index (κ1) is 15.5. The average molecular weight is 321 g/mol. The molecule has 1 saturated heterocycles. The number of piperidine rings is 1. The highest BCUT2D eigenvalue weighted by Crippen LogP contribution is 2.28. The first-order valence-electron chi connectivity index (χ1n) is 8.19. The topological polar surface area (TPSA) is 62.3 Å². The molecular formula is C16H23N3O2S. The second-order valence-corrected chi connectivity index (χ2v) is 7.20. The van der Waals surface area contributed by atoms with Crippen LogP contribution in [0.4, 0.5) is 0 Å². The first-order valence-corrected chi connectivity index (χ1v) is 9.07. The third-order valence-electron chi connectivity index (χ3n) is 4.73. The lowest BCUT2D eigenvalue weighted by atomic mass is 9.89. The van der Waals surface area contributed by atoms with Gasteiger partial charge in [0.15, 0.2) is 0 Å². The smallest absolute Gasteiger partial charge is 0.225 e. The molecule has 2 heterocycles. The fourth-order valence-electron chi connectivity index (χ4n) is 3.48. The Kier molecular flexibility index (Phi) is 5.08. The molecule has 1 N–H and O–H groups in total. The van der Waals surface area contributed by atoms with E-state index >= 15 is 0 Å². The molecule has 0 spiro atoms. The summed E-state index contributed by atoms with van der Waals surface area (Å²) >= 11 is 1.54. The summed E-state index contributed by atoms with van der Waals surface area (Å²) in [6.45, 7) is 1.08. The van der Waals surface area contributed by atoms with E-state index in [1.54, 1.807) is 17.5 Å². The molecule has 0 unspecified atom stereocenters. The van der Waals surface area contributed by atoms with Gasteiger partial charge in [-0.1, -0.05) is 19.3 Å². The average Bonchev–Trinajstić information content (AvgIpc) is 3.07. The summed E-state index contributed by atoms with van der Waals surface area (Å²) in [7, 11) is 0. The van der Waals surface area contributed by atoms with E-state index < -0.39 is 0 Å². The molecule has 2 fully saturated rings. The molecule has 6 heteroatoms. The Balaban J connectivity index is 1.54. The van der Waals surface area contributed by atoms with Gasteiger partial charge in [0.05, 0.1) is 12.5 Å². The van der Waals surface area contributed by atoms with E-state index in [2.05, 4.69) is 10.3 Å². The number of nitrogens with zero attached hydrogens (tertiary/aromatic N) is 2. The highest BCUT2D eigenvalue weighted by molar-refractivity contribution is 7.09. The number of carbonyl (C=O) groups excluding carboxylic acids is 2. The maximum Gasteiger partial charge on any atom is 0.225 e. The minimum absolute atomic E-state index is 0.0588. The number of thiazole rings is 1. The maximum absolute atomic E-state index is 12.4. The molecule has 2 amide bonds. The van der Waals surface area contributed by atoms with Crippen molar-refractivity contribution < 1.29 is 9.59 Å². The largest absolute Gasteiger partial charge is 0.349 e. The summed E-state index contributed by atoms with van der Waals surface area (Å²) in [5.41, 5.74) is 0. The minimum Gasteiger partial charge on any atom is -0.349 e. The summed E-state index contributed by atoms with van der Waals surface area (Å²) in [5, 5.41) is 5.79. The van der Waals surface area contributed by atoms with Crippen LogP contribution in [0.15, 0.2) is 11.6 Å². The van der Waals surface area contributed by atoms with Crippen molar-refractivity contribution in [1.29, 1.82) is 0 Å². The zero-order valence-corrected chi connectivity index (χ0v) is 13.6. The minimum atomic E-state index is -0.0698. The van der Waals surface area contributed by atoms with Gasteiger partial charge in [-0.05, 0) is 19.3 Å². The van der Waals surface area contributed by atoms with E-state index in [1.165, 1.54) is 19.3 Å². The number of likely N-dealkylation sites (tertiary alicyclic amines) is 1. The molecule has 0 radical (unpaired) electrons. The van der Waals surface area contributed by atoms with E-state index in [0.717, 1.165) is 17.8 Å². The van der Waals surface area contributed by atoms with Crippen molar-refractivity contribution in [2.45, 2.75) is 57.5 Å². The second-order valence-electron chi connectivity index (χ2n) is 6.22. The SMILES string of the molecule is O=C(NCc1nccs1)[C@@H]1CCC(=O)N(C2CCCCC2)C1.